The molecule has 2 rings (SSSR count). The highest BCUT2D eigenvalue weighted by Gasteiger charge is 2.31. The third-order valence-electron chi connectivity index (χ3n) is 3.75. The Morgan fingerprint density at radius 1 is 1.54 bits per heavy atom. The van der Waals surface area contributed by atoms with E-state index >= 15 is 0 Å². The third kappa shape index (κ3) is 5.81. The number of hydrogen-bond acceptors (Lipinski definition) is 5. The predicted octanol–water partition coefficient (Wildman–Crippen LogP) is 0.423. The first-order chi connectivity index (χ1) is 11.6. The third-order valence-corrected chi connectivity index (χ3v) is 3.75. The maximum absolute atomic E-state index is 12.1. The molecule has 1 aliphatic rings. The highest BCUT2D eigenvalue weighted by atomic mass is 16.5. The Hall–Kier alpha value is -2.15. The molecule has 2 amide bonds. The fourth-order valence-electron chi connectivity index (χ4n) is 2.71. The van der Waals surface area contributed by atoms with Gasteiger partial charge in [0.2, 0.25) is 11.8 Å². The van der Waals surface area contributed by atoms with Crippen molar-refractivity contribution in [2.24, 2.45) is 5.92 Å². The molecule has 0 aliphatic carbocycles. The molecular formula is C17H26N4O3. The molecule has 0 saturated carbocycles. The average Bonchev–Trinajstić information content (AvgIpc) is 2.55. The molecule has 0 bridgehead atoms. The molecule has 0 spiro atoms. The molecule has 1 saturated heterocycles. The molecule has 24 heavy (non-hydrogen) atoms. The number of hydrogen-bond donors (Lipinski definition) is 2. The molecule has 1 atom stereocenters. The van der Waals surface area contributed by atoms with E-state index in [4.69, 9.17) is 4.74 Å². The minimum atomic E-state index is -0.389. The van der Waals surface area contributed by atoms with Crippen LogP contribution in [0.4, 0.5) is 0 Å². The fraction of sp³-hybridized carbons (Fsp3) is 0.588. The summed E-state index contributed by atoms with van der Waals surface area (Å²) >= 11 is 0. The van der Waals surface area contributed by atoms with E-state index in [1.165, 1.54) is 0 Å². The lowest BCUT2D eigenvalue weighted by atomic mass is 10.1. The molecule has 1 aromatic rings. The molecule has 0 radical (unpaired) electrons. The first-order valence-corrected chi connectivity index (χ1v) is 8.37. The predicted molar refractivity (Wildman–Crippen MR) is 90.6 cm³/mol. The van der Waals surface area contributed by atoms with Gasteiger partial charge in [-0.1, -0.05) is 13.8 Å². The second-order valence-electron chi connectivity index (χ2n) is 6.29. The SMILES string of the molecule is CC(C)CN1CCNC(=O)[C@H]1CC(=O)NCCOc1cccnc1. The van der Waals surface area contributed by atoms with E-state index in [-0.39, 0.29) is 24.3 Å². The van der Waals surface area contributed by atoms with Crippen LogP contribution in [0.2, 0.25) is 0 Å². The Labute approximate surface area is 142 Å². The minimum Gasteiger partial charge on any atom is -0.490 e. The van der Waals surface area contributed by atoms with Crippen molar-refractivity contribution >= 4 is 11.8 Å². The van der Waals surface area contributed by atoms with Crippen LogP contribution in [0.1, 0.15) is 20.3 Å². The number of nitrogens with zero attached hydrogens (tertiary/aromatic N) is 2. The molecule has 7 heteroatoms. The van der Waals surface area contributed by atoms with Gasteiger partial charge in [-0.2, -0.15) is 0 Å². The Kier molecular flexibility index (Phi) is 6.99. The molecule has 1 aliphatic heterocycles. The Balaban J connectivity index is 1.74. The summed E-state index contributed by atoms with van der Waals surface area (Å²) < 4.78 is 5.47. The van der Waals surface area contributed by atoms with Gasteiger partial charge in [-0.25, -0.2) is 0 Å². The maximum Gasteiger partial charge on any atom is 0.237 e. The number of aromatic nitrogens is 1. The molecule has 0 unspecified atom stereocenters. The van der Waals surface area contributed by atoms with E-state index in [0.29, 0.717) is 31.4 Å². The maximum atomic E-state index is 12.1. The summed E-state index contributed by atoms with van der Waals surface area (Å²) in [5.41, 5.74) is 0. The van der Waals surface area contributed by atoms with Gasteiger partial charge in [0.15, 0.2) is 0 Å². The number of nitrogens with one attached hydrogen (secondary N) is 2. The van der Waals surface area contributed by atoms with E-state index in [0.717, 1.165) is 13.1 Å². The first kappa shape index (κ1) is 18.2. The standard InChI is InChI=1S/C17H26N4O3/c1-13(2)12-21-8-6-20-17(23)15(21)10-16(22)19-7-9-24-14-4-3-5-18-11-14/h3-5,11,13,15H,6-10,12H2,1-2H3,(H,19,22)(H,20,23)/t15-/m1/s1. The van der Waals surface area contributed by atoms with Gasteiger partial charge in [-0.15, -0.1) is 0 Å². The highest BCUT2D eigenvalue weighted by molar-refractivity contribution is 5.88. The lowest BCUT2D eigenvalue weighted by Crippen LogP contribution is -2.57. The molecule has 132 valence electrons. The van der Waals surface area contributed by atoms with Crippen LogP contribution in [0.25, 0.3) is 0 Å². The summed E-state index contributed by atoms with van der Waals surface area (Å²) in [5.74, 6) is 0.917. The van der Waals surface area contributed by atoms with Gasteiger partial charge >= 0.3 is 0 Å². The second-order valence-corrected chi connectivity index (χ2v) is 6.29. The summed E-state index contributed by atoms with van der Waals surface area (Å²) in [7, 11) is 0. The minimum absolute atomic E-state index is 0.0661. The van der Waals surface area contributed by atoms with Crippen LogP contribution < -0.4 is 15.4 Å². The molecule has 2 N–H and O–H groups in total. The first-order valence-electron chi connectivity index (χ1n) is 8.37. The Morgan fingerprint density at radius 3 is 3.08 bits per heavy atom. The number of piperazine rings is 1. The van der Waals surface area contributed by atoms with Gasteiger partial charge in [0.25, 0.3) is 0 Å². The van der Waals surface area contributed by atoms with E-state index in [9.17, 15) is 9.59 Å². The van der Waals surface area contributed by atoms with Crippen molar-refractivity contribution in [2.45, 2.75) is 26.3 Å². The molecule has 2 heterocycles. The second kappa shape index (κ2) is 9.22. The van der Waals surface area contributed by atoms with Crippen molar-refractivity contribution in [3.8, 4) is 5.75 Å². The molecule has 1 aromatic heterocycles. The zero-order valence-electron chi connectivity index (χ0n) is 14.3. The van der Waals surface area contributed by atoms with E-state index < -0.39 is 0 Å². The van der Waals surface area contributed by atoms with Gasteiger partial charge < -0.3 is 15.4 Å². The van der Waals surface area contributed by atoms with Crippen LogP contribution in [0, 0.1) is 5.92 Å². The highest BCUT2D eigenvalue weighted by Crippen LogP contribution is 2.11. The van der Waals surface area contributed by atoms with Crippen LogP contribution in [0.3, 0.4) is 0 Å². The van der Waals surface area contributed by atoms with Crippen molar-refractivity contribution in [1.82, 2.24) is 20.5 Å². The summed E-state index contributed by atoms with van der Waals surface area (Å²) in [6.07, 6.45) is 3.47. The van der Waals surface area contributed by atoms with Gasteiger partial charge in [-0.3, -0.25) is 19.5 Å². The number of ether oxygens (including phenoxy) is 1. The van der Waals surface area contributed by atoms with E-state index in [1.807, 2.05) is 6.07 Å². The van der Waals surface area contributed by atoms with Crippen molar-refractivity contribution in [2.75, 3.05) is 32.8 Å². The lowest BCUT2D eigenvalue weighted by molar-refractivity contribution is -0.134. The summed E-state index contributed by atoms with van der Waals surface area (Å²) in [6, 6.07) is 3.21. The normalized spacial score (nSPS) is 18.3. The summed E-state index contributed by atoms with van der Waals surface area (Å²) in [5, 5.41) is 5.64. The van der Waals surface area contributed by atoms with E-state index in [2.05, 4.69) is 34.4 Å². The zero-order valence-corrected chi connectivity index (χ0v) is 14.3. The number of carbonyl (C=O) groups is 2. The van der Waals surface area contributed by atoms with Gasteiger partial charge in [0.1, 0.15) is 12.4 Å². The summed E-state index contributed by atoms with van der Waals surface area (Å²) in [6.45, 7) is 7.22. The smallest absolute Gasteiger partial charge is 0.237 e. The average molecular weight is 334 g/mol. The topological polar surface area (TPSA) is 83.6 Å². The van der Waals surface area contributed by atoms with Crippen LogP contribution in [-0.4, -0.2) is 60.5 Å². The van der Waals surface area contributed by atoms with Crippen LogP contribution >= 0.6 is 0 Å². The van der Waals surface area contributed by atoms with Crippen molar-refractivity contribution < 1.29 is 14.3 Å². The number of carbonyl (C=O) groups excluding carboxylic acids is 2. The van der Waals surface area contributed by atoms with Gasteiger partial charge in [0.05, 0.1) is 25.2 Å². The lowest BCUT2D eigenvalue weighted by Gasteiger charge is -2.35. The van der Waals surface area contributed by atoms with E-state index in [1.54, 1.807) is 18.5 Å². The number of rotatable bonds is 8. The van der Waals surface area contributed by atoms with Gasteiger partial charge in [0, 0.05) is 25.8 Å². The van der Waals surface area contributed by atoms with Crippen molar-refractivity contribution in [1.29, 1.82) is 0 Å². The van der Waals surface area contributed by atoms with Crippen LogP contribution in [-0.2, 0) is 9.59 Å². The monoisotopic (exact) mass is 334 g/mol. The van der Waals surface area contributed by atoms with Crippen LogP contribution in [0.5, 0.6) is 5.75 Å². The van der Waals surface area contributed by atoms with Crippen molar-refractivity contribution in [3.05, 3.63) is 24.5 Å². The molecule has 1 fully saturated rings. The largest absolute Gasteiger partial charge is 0.490 e. The number of pyridine rings is 1. The Bertz CT molecular complexity index is 536. The van der Waals surface area contributed by atoms with Crippen LogP contribution in [0.15, 0.2) is 24.5 Å². The quantitative estimate of drug-likeness (QED) is 0.673. The Morgan fingerprint density at radius 2 is 2.38 bits per heavy atom. The zero-order chi connectivity index (χ0) is 17.4. The fourth-order valence-corrected chi connectivity index (χ4v) is 2.71. The van der Waals surface area contributed by atoms with Crippen molar-refractivity contribution in [3.63, 3.8) is 0 Å². The number of amides is 2. The summed E-state index contributed by atoms with van der Waals surface area (Å²) in [4.78, 5) is 30.2. The van der Waals surface area contributed by atoms with Gasteiger partial charge in [-0.05, 0) is 18.1 Å². The molecular weight excluding hydrogens is 308 g/mol. The molecule has 0 aromatic carbocycles. The molecule has 7 nitrogen and oxygen atoms in total.